The van der Waals surface area contributed by atoms with Gasteiger partial charge in [-0.3, -0.25) is 0 Å². The van der Waals surface area contributed by atoms with Crippen LogP contribution in [0.3, 0.4) is 0 Å². The second-order valence-corrected chi connectivity index (χ2v) is 3.39. The summed E-state index contributed by atoms with van der Waals surface area (Å²) in [5.41, 5.74) is 3.43. The molecule has 0 aromatic heterocycles. The van der Waals surface area contributed by atoms with Gasteiger partial charge in [0.05, 0.1) is 0 Å². The summed E-state index contributed by atoms with van der Waals surface area (Å²) in [5, 5.41) is 1.69. The lowest BCUT2D eigenvalue weighted by molar-refractivity contribution is 1.45. The molecule has 0 unspecified atom stereocenters. The van der Waals surface area contributed by atoms with Crippen molar-refractivity contribution >= 4 is 18.2 Å². The van der Waals surface area contributed by atoms with Crippen molar-refractivity contribution in [2.24, 2.45) is 0 Å². The normalized spacial score (nSPS) is 11.3. The zero-order valence-electron chi connectivity index (χ0n) is 8.27. The van der Waals surface area contributed by atoms with Gasteiger partial charge in [-0.05, 0) is 23.5 Å². The van der Waals surface area contributed by atoms with E-state index in [1.165, 1.54) is 5.56 Å². The Kier molecular flexibility index (Phi) is 4.27. The molecule has 1 rings (SSSR count). The van der Waals surface area contributed by atoms with Gasteiger partial charge in [-0.1, -0.05) is 54.6 Å². The molecular weight excluding hydrogens is 188 g/mol. The quantitative estimate of drug-likeness (QED) is 0.555. The van der Waals surface area contributed by atoms with Gasteiger partial charge in [-0.15, -0.1) is 0 Å². The van der Waals surface area contributed by atoms with E-state index in [0.29, 0.717) is 0 Å². The summed E-state index contributed by atoms with van der Waals surface area (Å²) in [6.45, 7) is 6.07. The molecule has 0 radical (unpaired) electrons. The Labute approximate surface area is 91.1 Å². The van der Waals surface area contributed by atoms with Crippen molar-refractivity contribution in [2.45, 2.75) is 6.92 Å². The van der Waals surface area contributed by atoms with Gasteiger partial charge in [0.2, 0.25) is 0 Å². The summed E-state index contributed by atoms with van der Waals surface area (Å²) < 4.78 is 0. The van der Waals surface area contributed by atoms with Crippen molar-refractivity contribution in [2.75, 3.05) is 0 Å². The fourth-order valence-electron chi connectivity index (χ4n) is 1.16. The molecule has 0 aliphatic heterocycles. The molecule has 0 atom stereocenters. The van der Waals surface area contributed by atoms with Crippen molar-refractivity contribution in [3.63, 3.8) is 0 Å². The summed E-state index contributed by atoms with van der Waals surface area (Å²) in [7, 11) is 0. The van der Waals surface area contributed by atoms with Gasteiger partial charge >= 0.3 is 0 Å². The van der Waals surface area contributed by atoms with Crippen LogP contribution < -0.4 is 0 Å². The lowest BCUT2D eigenvalue weighted by Gasteiger charge is -2.00. The van der Waals surface area contributed by atoms with Gasteiger partial charge in [0.1, 0.15) is 0 Å². The molecule has 0 amide bonds. The molecule has 14 heavy (non-hydrogen) atoms. The first kappa shape index (κ1) is 10.9. The van der Waals surface area contributed by atoms with Crippen molar-refractivity contribution < 1.29 is 0 Å². The predicted molar refractivity (Wildman–Crippen MR) is 67.5 cm³/mol. The highest BCUT2D eigenvalue weighted by Crippen LogP contribution is 2.14. The average molecular weight is 202 g/mol. The molecule has 1 aromatic carbocycles. The molecule has 0 bridgehead atoms. The van der Waals surface area contributed by atoms with E-state index in [4.69, 9.17) is 0 Å². The summed E-state index contributed by atoms with van der Waals surface area (Å²) in [5.74, 6) is 0. The van der Waals surface area contributed by atoms with E-state index in [-0.39, 0.29) is 0 Å². The molecule has 0 aliphatic rings. The molecule has 0 heterocycles. The van der Waals surface area contributed by atoms with Gasteiger partial charge in [0, 0.05) is 0 Å². The summed E-state index contributed by atoms with van der Waals surface area (Å²) in [6, 6.07) is 8.30. The van der Waals surface area contributed by atoms with Gasteiger partial charge in [-0.25, -0.2) is 0 Å². The lowest BCUT2D eigenvalue weighted by Crippen LogP contribution is -1.79. The third-order valence-corrected chi connectivity index (χ3v) is 2.06. The van der Waals surface area contributed by atoms with Crippen molar-refractivity contribution in [3.8, 4) is 0 Å². The Morgan fingerprint density at radius 1 is 1.36 bits per heavy atom. The van der Waals surface area contributed by atoms with Crippen LogP contribution in [0.5, 0.6) is 0 Å². The minimum absolute atomic E-state index is 1.01. The largest absolute Gasteiger partial charge is 0.151 e. The SMILES string of the molecule is C=C(/C=C\C=C/S)c1cccc(C)c1. The number of aryl methyl sites for hydroxylation is 1. The highest BCUT2D eigenvalue weighted by molar-refractivity contribution is 7.83. The predicted octanol–water partition coefficient (Wildman–Crippen LogP) is 4.01. The third-order valence-electron chi connectivity index (χ3n) is 1.88. The molecular formula is C13H14S. The van der Waals surface area contributed by atoms with Crippen molar-refractivity contribution in [1.82, 2.24) is 0 Å². The molecule has 1 heteroatoms. The average Bonchev–Trinajstić information content (AvgIpc) is 2.18. The monoisotopic (exact) mass is 202 g/mol. The fourth-order valence-corrected chi connectivity index (χ4v) is 1.26. The smallest absolute Gasteiger partial charge is 0.0187 e. The zero-order chi connectivity index (χ0) is 10.4. The first-order valence-corrected chi connectivity index (χ1v) is 4.99. The highest BCUT2D eigenvalue weighted by Gasteiger charge is 1.93. The number of rotatable bonds is 3. The van der Waals surface area contributed by atoms with Crippen LogP contribution in [0.2, 0.25) is 0 Å². The molecule has 0 fully saturated rings. The first-order chi connectivity index (χ1) is 6.74. The second kappa shape index (κ2) is 5.51. The maximum Gasteiger partial charge on any atom is -0.0187 e. The van der Waals surface area contributed by atoms with Crippen LogP contribution in [-0.4, -0.2) is 0 Å². The van der Waals surface area contributed by atoms with E-state index in [2.05, 4.69) is 44.3 Å². The maximum absolute atomic E-state index is 3.99. The van der Waals surface area contributed by atoms with E-state index in [1.807, 2.05) is 24.3 Å². The molecule has 1 aromatic rings. The molecule has 0 N–H and O–H groups in total. The van der Waals surface area contributed by atoms with E-state index in [9.17, 15) is 0 Å². The van der Waals surface area contributed by atoms with E-state index >= 15 is 0 Å². The van der Waals surface area contributed by atoms with Crippen LogP contribution in [0.25, 0.3) is 5.57 Å². The Bertz CT molecular complexity index is 373. The summed E-state index contributed by atoms with van der Waals surface area (Å²) in [6.07, 6.45) is 5.77. The Morgan fingerprint density at radius 2 is 2.14 bits per heavy atom. The Balaban J connectivity index is 2.79. The van der Waals surface area contributed by atoms with E-state index in [1.54, 1.807) is 5.41 Å². The number of hydrogen-bond donors (Lipinski definition) is 1. The molecule has 0 nitrogen and oxygen atoms in total. The number of benzene rings is 1. The molecule has 72 valence electrons. The molecule has 0 aliphatic carbocycles. The topological polar surface area (TPSA) is 0 Å². The third kappa shape index (κ3) is 3.27. The standard InChI is InChI=1S/C13H14S/c1-11-6-5-8-13(10-11)12(2)7-3-4-9-14/h3-10,14H,2H2,1H3/b7-3-,9-4-. The Morgan fingerprint density at radius 3 is 2.79 bits per heavy atom. The number of thiol groups is 1. The van der Waals surface area contributed by atoms with Crippen LogP contribution in [-0.2, 0) is 0 Å². The van der Waals surface area contributed by atoms with Crippen LogP contribution in [0, 0.1) is 6.92 Å². The van der Waals surface area contributed by atoms with Crippen LogP contribution >= 0.6 is 12.6 Å². The summed E-state index contributed by atoms with van der Waals surface area (Å²) in [4.78, 5) is 0. The van der Waals surface area contributed by atoms with E-state index < -0.39 is 0 Å². The minimum Gasteiger partial charge on any atom is -0.151 e. The van der Waals surface area contributed by atoms with E-state index in [0.717, 1.165) is 11.1 Å². The Hall–Kier alpha value is -1.21. The molecule has 0 spiro atoms. The highest BCUT2D eigenvalue weighted by atomic mass is 32.1. The second-order valence-electron chi connectivity index (χ2n) is 3.10. The van der Waals surface area contributed by atoms with Gasteiger partial charge in [-0.2, -0.15) is 12.6 Å². The summed E-state index contributed by atoms with van der Waals surface area (Å²) >= 11 is 3.97. The van der Waals surface area contributed by atoms with Gasteiger partial charge in [0.25, 0.3) is 0 Å². The maximum atomic E-state index is 3.99. The van der Waals surface area contributed by atoms with Crippen LogP contribution in [0.4, 0.5) is 0 Å². The minimum atomic E-state index is 1.01. The van der Waals surface area contributed by atoms with Gasteiger partial charge in [0.15, 0.2) is 0 Å². The number of allylic oxidation sites excluding steroid dienone is 4. The lowest BCUT2D eigenvalue weighted by atomic mass is 10.0. The fraction of sp³-hybridized carbons (Fsp3) is 0.0769. The van der Waals surface area contributed by atoms with Crippen LogP contribution in [0.15, 0.2) is 54.5 Å². The van der Waals surface area contributed by atoms with Gasteiger partial charge < -0.3 is 0 Å². The van der Waals surface area contributed by atoms with Crippen molar-refractivity contribution in [3.05, 3.63) is 65.6 Å². The molecule has 0 saturated carbocycles. The first-order valence-electron chi connectivity index (χ1n) is 4.47. The van der Waals surface area contributed by atoms with Crippen LogP contribution in [0.1, 0.15) is 11.1 Å². The zero-order valence-corrected chi connectivity index (χ0v) is 9.17. The van der Waals surface area contributed by atoms with Crippen molar-refractivity contribution in [1.29, 1.82) is 0 Å². The molecule has 0 saturated heterocycles. The number of hydrogen-bond acceptors (Lipinski definition) is 1.